The Hall–Kier alpha value is -1.75. The standard InChI is InChI=1S/C11H15N5/c1-2-5-12-8-10-3-4-11(15-14-10)16-7-6-13-9-16/h3-4,6-7,9,12H,2,5,8H2,1H3. The number of nitrogens with zero attached hydrogens (tertiary/aromatic N) is 4. The molecule has 0 atom stereocenters. The van der Waals surface area contributed by atoms with Gasteiger partial charge < -0.3 is 5.32 Å². The molecule has 0 aromatic carbocycles. The third kappa shape index (κ3) is 2.64. The molecule has 0 radical (unpaired) electrons. The van der Waals surface area contributed by atoms with Crippen LogP contribution in [0.5, 0.6) is 0 Å². The fourth-order valence-electron chi connectivity index (χ4n) is 1.37. The highest BCUT2D eigenvalue weighted by Crippen LogP contribution is 2.02. The van der Waals surface area contributed by atoms with E-state index in [1.165, 1.54) is 0 Å². The second-order valence-electron chi connectivity index (χ2n) is 3.53. The van der Waals surface area contributed by atoms with Crippen molar-refractivity contribution in [2.24, 2.45) is 0 Å². The maximum Gasteiger partial charge on any atom is 0.160 e. The first kappa shape index (κ1) is 10.8. The first-order valence-electron chi connectivity index (χ1n) is 5.42. The van der Waals surface area contributed by atoms with E-state index in [9.17, 15) is 0 Å². The van der Waals surface area contributed by atoms with Crippen LogP contribution >= 0.6 is 0 Å². The van der Waals surface area contributed by atoms with Gasteiger partial charge in [0.1, 0.15) is 6.33 Å². The molecule has 0 saturated heterocycles. The summed E-state index contributed by atoms with van der Waals surface area (Å²) >= 11 is 0. The summed E-state index contributed by atoms with van der Waals surface area (Å²) < 4.78 is 1.83. The van der Waals surface area contributed by atoms with Crippen molar-refractivity contribution in [2.75, 3.05) is 6.54 Å². The van der Waals surface area contributed by atoms with E-state index in [4.69, 9.17) is 0 Å². The van der Waals surface area contributed by atoms with E-state index in [-0.39, 0.29) is 0 Å². The summed E-state index contributed by atoms with van der Waals surface area (Å²) in [6.45, 7) is 3.91. The Morgan fingerprint density at radius 2 is 2.25 bits per heavy atom. The minimum Gasteiger partial charge on any atom is -0.311 e. The Kier molecular flexibility index (Phi) is 3.61. The molecule has 0 aliphatic heterocycles. The molecule has 84 valence electrons. The SMILES string of the molecule is CCCNCc1ccc(-n2ccnc2)nn1. The second-order valence-corrected chi connectivity index (χ2v) is 3.53. The van der Waals surface area contributed by atoms with Crippen LogP contribution in [0.4, 0.5) is 0 Å². The Labute approximate surface area is 94.5 Å². The summed E-state index contributed by atoms with van der Waals surface area (Å²) in [5.41, 5.74) is 0.956. The van der Waals surface area contributed by atoms with E-state index in [2.05, 4.69) is 27.4 Å². The highest BCUT2D eigenvalue weighted by molar-refractivity contribution is 5.21. The fraction of sp³-hybridized carbons (Fsp3) is 0.364. The maximum absolute atomic E-state index is 4.15. The topological polar surface area (TPSA) is 55.6 Å². The predicted octanol–water partition coefficient (Wildman–Crippen LogP) is 1.16. The Bertz CT molecular complexity index is 406. The average molecular weight is 217 g/mol. The minimum absolute atomic E-state index is 0.769. The molecular weight excluding hydrogens is 202 g/mol. The smallest absolute Gasteiger partial charge is 0.160 e. The quantitative estimate of drug-likeness (QED) is 0.764. The van der Waals surface area contributed by atoms with Crippen molar-refractivity contribution in [1.82, 2.24) is 25.1 Å². The van der Waals surface area contributed by atoms with Gasteiger partial charge in [-0.05, 0) is 25.1 Å². The lowest BCUT2D eigenvalue weighted by atomic mass is 10.3. The fourth-order valence-corrected chi connectivity index (χ4v) is 1.37. The van der Waals surface area contributed by atoms with Gasteiger partial charge in [0.2, 0.25) is 0 Å². The summed E-state index contributed by atoms with van der Waals surface area (Å²) in [6, 6.07) is 3.92. The lowest BCUT2D eigenvalue weighted by molar-refractivity contribution is 0.655. The van der Waals surface area contributed by atoms with Crippen molar-refractivity contribution in [3.8, 4) is 5.82 Å². The van der Waals surface area contributed by atoms with Gasteiger partial charge in [-0.2, -0.15) is 5.10 Å². The third-order valence-corrected chi connectivity index (χ3v) is 2.21. The van der Waals surface area contributed by atoms with Crippen LogP contribution in [0.3, 0.4) is 0 Å². The zero-order valence-electron chi connectivity index (χ0n) is 9.30. The summed E-state index contributed by atoms with van der Waals surface area (Å²) in [4.78, 5) is 3.96. The van der Waals surface area contributed by atoms with Crippen LogP contribution < -0.4 is 5.32 Å². The van der Waals surface area contributed by atoms with Gasteiger partial charge in [-0.25, -0.2) is 4.98 Å². The Morgan fingerprint density at radius 1 is 1.31 bits per heavy atom. The summed E-state index contributed by atoms with van der Waals surface area (Å²) in [7, 11) is 0. The maximum atomic E-state index is 4.15. The lowest BCUT2D eigenvalue weighted by Crippen LogP contribution is -2.15. The molecule has 2 rings (SSSR count). The predicted molar refractivity (Wildman–Crippen MR) is 61.2 cm³/mol. The zero-order valence-corrected chi connectivity index (χ0v) is 9.30. The van der Waals surface area contributed by atoms with Gasteiger partial charge in [0.25, 0.3) is 0 Å². The summed E-state index contributed by atoms with van der Waals surface area (Å²) in [5.74, 6) is 0.789. The van der Waals surface area contributed by atoms with E-state index in [0.29, 0.717) is 0 Å². The monoisotopic (exact) mass is 217 g/mol. The van der Waals surface area contributed by atoms with Crippen molar-refractivity contribution < 1.29 is 0 Å². The minimum atomic E-state index is 0.769. The molecule has 0 bridgehead atoms. The molecule has 5 heteroatoms. The van der Waals surface area contributed by atoms with Gasteiger partial charge in [0.05, 0.1) is 5.69 Å². The van der Waals surface area contributed by atoms with Crippen molar-refractivity contribution in [3.05, 3.63) is 36.5 Å². The van der Waals surface area contributed by atoms with E-state index in [1.54, 1.807) is 12.5 Å². The molecular formula is C11H15N5. The molecule has 1 N–H and O–H groups in total. The molecule has 5 nitrogen and oxygen atoms in total. The van der Waals surface area contributed by atoms with E-state index in [1.807, 2.05) is 22.9 Å². The number of nitrogens with one attached hydrogen (secondary N) is 1. The molecule has 0 unspecified atom stereocenters. The van der Waals surface area contributed by atoms with Crippen molar-refractivity contribution in [2.45, 2.75) is 19.9 Å². The van der Waals surface area contributed by atoms with Crippen LogP contribution in [-0.2, 0) is 6.54 Å². The van der Waals surface area contributed by atoms with Gasteiger partial charge in [-0.15, -0.1) is 5.10 Å². The van der Waals surface area contributed by atoms with E-state index < -0.39 is 0 Å². The van der Waals surface area contributed by atoms with Crippen molar-refractivity contribution >= 4 is 0 Å². The van der Waals surface area contributed by atoms with Gasteiger partial charge in [-0.3, -0.25) is 4.57 Å². The molecule has 2 aromatic rings. The van der Waals surface area contributed by atoms with Gasteiger partial charge in [-0.1, -0.05) is 6.92 Å². The number of aromatic nitrogens is 4. The van der Waals surface area contributed by atoms with Crippen LogP contribution in [0.2, 0.25) is 0 Å². The van der Waals surface area contributed by atoms with Crippen LogP contribution in [0.15, 0.2) is 30.9 Å². The highest BCUT2D eigenvalue weighted by Gasteiger charge is 1.98. The largest absolute Gasteiger partial charge is 0.311 e. The molecule has 16 heavy (non-hydrogen) atoms. The molecule has 0 fully saturated rings. The number of hydrogen-bond donors (Lipinski definition) is 1. The van der Waals surface area contributed by atoms with Gasteiger partial charge in [0, 0.05) is 18.9 Å². The molecule has 0 amide bonds. The summed E-state index contributed by atoms with van der Waals surface area (Å²) in [5, 5.41) is 11.6. The van der Waals surface area contributed by atoms with E-state index >= 15 is 0 Å². The average Bonchev–Trinajstić information content (AvgIpc) is 2.84. The van der Waals surface area contributed by atoms with Crippen LogP contribution in [0.1, 0.15) is 19.0 Å². The van der Waals surface area contributed by atoms with Crippen molar-refractivity contribution in [3.63, 3.8) is 0 Å². The molecule has 2 heterocycles. The van der Waals surface area contributed by atoms with Gasteiger partial charge in [0.15, 0.2) is 5.82 Å². The third-order valence-electron chi connectivity index (χ3n) is 2.21. The molecule has 0 aliphatic carbocycles. The zero-order chi connectivity index (χ0) is 11.2. The van der Waals surface area contributed by atoms with Crippen molar-refractivity contribution in [1.29, 1.82) is 0 Å². The Morgan fingerprint density at radius 3 is 2.88 bits per heavy atom. The highest BCUT2D eigenvalue weighted by atomic mass is 15.2. The number of hydrogen-bond acceptors (Lipinski definition) is 4. The van der Waals surface area contributed by atoms with Crippen LogP contribution in [-0.4, -0.2) is 26.3 Å². The second kappa shape index (κ2) is 5.37. The van der Waals surface area contributed by atoms with Crippen LogP contribution in [0.25, 0.3) is 5.82 Å². The molecule has 0 aliphatic rings. The number of rotatable bonds is 5. The van der Waals surface area contributed by atoms with Crippen LogP contribution in [0, 0.1) is 0 Å². The normalized spacial score (nSPS) is 10.6. The Balaban J connectivity index is 2.00. The van der Waals surface area contributed by atoms with Gasteiger partial charge >= 0.3 is 0 Å². The van der Waals surface area contributed by atoms with E-state index in [0.717, 1.165) is 31.0 Å². The first-order chi connectivity index (χ1) is 7.90. The summed E-state index contributed by atoms with van der Waals surface area (Å²) in [6.07, 6.45) is 6.40. The molecule has 2 aromatic heterocycles. The lowest BCUT2D eigenvalue weighted by Gasteiger charge is -2.03. The first-order valence-corrected chi connectivity index (χ1v) is 5.42. The number of imidazole rings is 1. The molecule has 0 spiro atoms. The molecule has 0 saturated carbocycles.